The van der Waals surface area contributed by atoms with E-state index in [2.05, 4.69) is 323 Å². The summed E-state index contributed by atoms with van der Waals surface area (Å²) in [5, 5.41) is 14.0. The van der Waals surface area contributed by atoms with Crippen molar-refractivity contribution in [3.63, 3.8) is 0 Å². The van der Waals surface area contributed by atoms with Gasteiger partial charge in [0.05, 0.1) is 11.2 Å². The van der Waals surface area contributed by atoms with E-state index >= 15 is 0 Å². The molecule has 0 N–H and O–H groups in total. The Morgan fingerprint density at radius 1 is 0.222 bits per heavy atom. The van der Waals surface area contributed by atoms with Crippen LogP contribution in [0.2, 0.25) is 0 Å². The summed E-state index contributed by atoms with van der Waals surface area (Å²) in [6.07, 6.45) is 0. The van der Waals surface area contributed by atoms with Gasteiger partial charge < -0.3 is 18.4 Å². The van der Waals surface area contributed by atoms with Crippen LogP contribution in [-0.4, -0.2) is 48.2 Å². The summed E-state index contributed by atoms with van der Waals surface area (Å²) in [6, 6.07) is 147. The molecule has 1 aliphatic rings. The zero-order chi connectivity index (χ0) is 85.8. The van der Waals surface area contributed by atoms with Crippen LogP contribution in [-0.2, 0) is 18.4 Å². The standard InChI is InChI=1S/C53H36N3OP.C41H34BN3O2.C18H14BrOP/c57-58(44-17-3-1-4-18-44,45-19-5-2-6-20-45)46-35-33-40(34-36-46)38-27-25-37(26-28-38)39-29-31-43(32-30-39)51-54-52(49-23-11-15-41-13-7-9-21-47(41)49)56-53(55-51)50-24-12-16-42-14-8-10-22-48(42)50;1-40(2)41(3,4)47-42(46-40)32-25-23-28(24-26-32)27-19-21-31(22-20-27)37-43-38(35-17-9-13-29-11-5-7-15-33(29)35)45-39(44-37)36-18-10-14-30-12-6-8-16-34(30)36;19-15-11-13-18(14-12-15)21(20,16-7-3-1-4-8-16)17-9-5-2-6-10-17/h1-36H;5-26H,1-4H3;1-14H. The molecule has 0 saturated carbocycles. The number of aromatic nitrogens is 6. The molecule has 1 aliphatic heterocycles. The predicted molar refractivity (Wildman–Crippen MR) is 527 cm³/mol. The summed E-state index contributed by atoms with van der Waals surface area (Å²) in [7, 11) is -6.23. The van der Waals surface area contributed by atoms with Crippen molar-refractivity contribution in [1.82, 2.24) is 29.9 Å². The van der Waals surface area contributed by atoms with Crippen LogP contribution in [0.3, 0.4) is 0 Å². The van der Waals surface area contributed by atoms with E-state index in [0.29, 0.717) is 34.9 Å². The summed E-state index contributed by atoms with van der Waals surface area (Å²) in [6.45, 7) is 8.30. The number of hydrogen-bond donors (Lipinski definition) is 0. The quantitative estimate of drug-likeness (QED) is 0.0681. The number of benzene rings is 18. The monoisotopic (exact) mass is 1730 g/mol. The molecule has 18 aromatic carbocycles. The fourth-order valence-electron chi connectivity index (χ4n) is 16.4. The van der Waals surface area contributed by atoms with Gasteiger partial charge in [0, 0.05) is 69.7 Å². The van der Waals surface area contributed by atoms with Gasteiger partial charge in [-0.05, 0) is 134 Å². The van der Waals surface area contributed by atoms with Crippen LogP contribution >= 0.6 is 30.2 Å². The fourth-order valence-corrected chi connectivity index (χ4v) is 22.0. The molecule has 126 heavy (non-hydrogen) atoms. The lowest BCUT2D eigenvalue weighted by Crippen LogP contribution is -2.41. The van der Waals surface area contributed by atoms with E-state index in [4.69, 9.17) is 39.2 Å². The first kappa shape index (κ1) is 81.6. The van der Waals surface area contributed by atoms with Gasteiger partial charge >= 0.3 is 7.12 Å². The summed E-state index contributed by atoms with van der Waals surface area (Å²) in [5.74, 6) is 3.83. The van der Waals surface area contributed by atoms with Gasteiger partial charge in [0.1, 0.15) is 0 Å². The second-order valence-electron chi connectivity index (χ2n) is 32.2. The SMILES string of the molecule is CC1(C)OB(c2ccc(-c3ccc(-c4nc(-c5cccc6ccccc56)nc(-c5cccc6ccccc56)n4)cc3)cc2)OC1(C)C.O=P(c1ccccc1)(c1ccccc1)c1ccc(-c2ccc(-c3ccc(-c4nc(-c5cccc6ccccc56)nc(-c5cccc6ccccc56)n4)cc3)cc2)cc1.O=P(c1ccccc1)(c1ccccc1)c1ccc(Br)cc1. The van der Waals surface area contributed by atoms with Gasteiger partial charge in [0.25, 0.3) is 0 Å². The van der Waals surface area contributed by atoms with Gasteiger partial charge in [-0.2, -0.15) is 0 Å². The number of hydrogen-bond acceptors (Lipinski definition) is 10. The number of halogens is 1. The molecule has 606 valence electrons. The van der Waals surface area contributed by atoms with Crippen molar-refractivity contribution in [1.29, 1.82) is 0 Å². The number of rotatable bonds is 16. The van der Waals surface area contributed by atoms with E-state index in [0.717, 1.165) is 152 Å². The second-order valence-corrected chi connectivity index (χ2v) is 38.7. The van der Waals surface area contributed by atoms with Crippen molar-refractivity contribution in [2.45, 2.75) is 38.9 Å². The molecule has 2 aromatic heterocycles. The fraction of sp³-hybridized carbons (Fsp3) is 0.0536. The van der Waals surface area contributed by atoms with Crippen LogP contribution in [0.5, 0.6) is 0 Å². The third-order valence-electron chi connectivity index (χ3n) is 23.9. The van der Waals surface area contributed by atoms with Crippen molar-refractivity contribution in [2.75, 3.05) is 0 Å². The molecule has 0 bridgehead atoms. The van der Waals surface area contributed by atoms with Crippen LogP contribution in [0.1, 0.15) is 27.7 Å². The first-order valence-corrected chi connectivity index (χ1v) is 46.3. The molecule has 21 rings (SSSR count). The van der Waals surface area contributed by atoms with E-state index in [1.54, 1.807) is 0 Å². The maximum Gasteiger partial charge on any atom is 0.494 e. The van der Waals surface area contributed by atoms with Crippen molar-refractivity contribution in [3.8, 4) is 102 Å². The summed E-state index contributed by atoms with van der Waals surface area (Å²) in [4.78, 5) is 30.5. The largest absolute Gasteiger partial charge is 0.494 e. The topological polar surface area (TPSA) is 130 Å². The van der Waals surface area contributed by atoms with Crippen molar-refractivity contribution >= 4 is 118 Å². The smallest absolute Gasteiger partial charge is 0.399 e. The maximum atomic E-state index is 14.8. The number of nitrogens with zero attached hydrogens (tertiary/aromatic N) is 6. The van der Waals surface area contributed by atoms with Gasteiger partial charge in [-0.25, -0.2) is 29.9 Å². The van der Waals surface area contributed by atoms with Gasteiger partial charge in [-0.15, -0.1) is 0 Å². The zero-order valence-corrected chi connectivity index (χ0v) is 73.1. The Bertz CT molecular complexity index is 7130. The van der Waals surface area contributed by atoms with E-state index in [9.17, 15) is 9.13 Å². The second kappa shape index (κ2) is 35.3. The average Bonchev–Trinajstić information content (AvgIpc) is 1.13. The lowest BCUT2D eigenvalue weighted by molar-refractivity contribution is 0.00578. The highest BCUT2D eigenvalue weighted by atomic mass is 79.9. The molecule has 10 nitrogen and oxygen atoms in total. The maximum absolute atomic E-state index is 14.8. The average molecular weight is 1730 g/mol. The van der Waals surface area contributed by atoms with Crippen LogP contribution in [0.4, 0.5) is 0 Å². The van der Waals surface area contributed by atoms with Gasteiger partial charge in [-0.1, -0.05) is 428 Å². The lowest BCUT2D eigenvalue weighted by Gasteiger charge is -2.32. The molecule has 0 unspecified atom stereocenters. The zero-order valence-electron chi connectivity index (χ0n) is 69.7. The molecule has 14 heteroatoms. The van der Waals surface area contributed by atoms with Gasteiger partial charge in [0.2, 0.25) is 0 Å². The highest BCUT2D eigenvalue weighted by Crippen LogP contribution is 2.46. The minimum Gasteiger partial charge on any atom is -0.399 e. The Hall–Kier alpha value is -14.1. The van der Waals surface area contributed by atoms with Crippen molar-refractivity contribution < 1.29 is 18.4 Å². The normalized spacial score (nSPS) is 12.9. The molecule has 0 radical (unpaired) electrons. The highest BCUT2D eigenvalue weighted by molar-refractivity contribution is 9.10. The van der Waals surface area contributed by atoms with Crippen LogP contribution in [0.25, 0.3) is 145 Å². The molecule has 1 saturated heterocycles. The predicted octanol–water partition coefficient (Wildman–Crippen LogP) is 25.4. The molecule has 0 atom stereocenters. The minimum absolute atomic E-state index is 0.373. The van der Waals surface area contributed by atoms with Gasteiger partial charge in [-0.3, -0.25) is 0 Å². The Morgan fingerprint density at radius 3 is 0.706 bits per heavy atom. The molecular formula is C112H84BBrN6O4P2. The van der Waals surface area contributed by atoms with E-state index < -0.39 is 14.3 Å². The minimum atomic E-state index is -3.03. The molecule has 1 fully saturated rings. The lowest BCUT2D eigenvalue weighted by atomic mass is 9.78. The van der Waals surface area contributed by atoms with Crippen LogP contribution in [0, 0.1) is 0 Å². The van der Waals surface area contributed by atoms with E-state index in [-0.39, 0.29) is 18.3 Å². The van der Waals surface area contributed by atoms with E-state index in [1.165, 1.54) is 0 Å². The third-order valence-corrected chi connectivity index (χ3v) is 30.6. The van der Waals surface area contributed by atoms with Crippen molar-refractivity contribution in [3.05, 3.63) is 441 Å². The number of fused-ring (bicyclic) bond motifs is 4. The first-order valence-electron chi connectivity index (χ1n) is 42.1. The molecular weight excluding hydrogens is 1650 g/mol. The van der Waals surface area contributed by atoms with Crippen molar-refractivity contribution in [2.24, 2.45) is 0 Å². The summed E-state index contributed by atoms with van der Waals surface area (Å²) in [5.41, 5.74) is 12.6. The van der Waals surface area contributed by atoms with Gasteiger partial charge in [0.15, 0.2) is 49.2 Å². The van der Waals surface area contributed by atoms with Crippen LogP contribution in [0.15, 0.2) is 441 Å². The first-order chi connectivity index (χ1) is 61.6. The Labute approximate surface area is 742 Å². The molecule has 0 amide bonds. The molecule has 3 heterocycles. The molecule has 0 spiro atoms. The molecule has 0 aliphatic carbocycles. The summed E-state index contributed by atoms with van der Waals surface area (Å²) >= 11 is 3.43. The molecule has 20 aromatic rings. The Morgan fingerprint density at radius 2 is 0.429 bits per heavy atom. The third kappa shape index (κ3) is 16.5. The summed E-state index contributed by atoms with van der Waals surface area (Å²) < 4.78 is 42.2. The van der Waals surface area contributed by atoms with E-state index in [1.807, 2.05) is 158 Å². The highest BCUT2D eigenvalue weighted by Gasteiger charge is 2.51. The Balaban J connectivity index is 0.000000136. The van der Waals surface area contributed by atoms with Crippen LogP contribution < -0.4 is 37.3 Å². The Kier molecular flexibility index (Phi) is 22.9.